The van der Waals surface area contributed by atoms with Crippen molar-refractivity contribution in [1.82, 2.24) is 0 Å². The van der Waals surface area contributed by atoms with E-state index in [9.17, 15) is 4.79 Å². The number of carbonyl (C=O) groups excluding carboxylic acids is 1. The van der Waals surface area contributed by atoms with E-state index in [0.717, 1.165) is 5.69 Å². The van der Waals surface area contributed by atoms with E-state index in [1.807, 2.05) is 30.3 Å². The normalized spacial score (nSPS) is 12.2. The van der Waals surface area contributed by atoms with Gasteiger partial charge >= 0.3 is 0 Å². The van der Waals surface area contributed by atoms with Gasteiger partial charge in [-0.2, -0.15) is 0 Å². The number of rotatable bonds is 2. The van der Waals surface area contributed by atoms with Gasteiger partial charge in [0.15, 0.2) is 0 Å². The molecule has 1 rings (SSSR count). The Kier molecular flexibility index (Phi) is 3.29. The van der Waals surface area contributed by atoms with E-state index in [1.54, 1.807) is 6.92 Å². The molecule has 0 spiro atoms. The van der Waals surface area contributed by atoms with Crippen LogP contribution in [0.1, 0.15) is 6.92 Å². The van der Waals surface area contributed by atoms with Crippen LogP contribution in [-0.4, -0.2) is 10.7 Å². The highest BCUT2D eigenvalue weighted by Crippen LogP contribution is 2.07. The molecule has 1 aromatic carbocycles. The fraction of sp³-hybridized carbons (Fsp3) is 0.222. The van der Waals surface area contributed by atoms with Gasteiger partial charge in [0.1, 0.15) is 0 Å². The van der Waals surface area contributed by atoms with Crippen LogP contribution in [0.5, 0.6) is 0 Å². The molecule has 12 heavy (non-hydrogen) atoms. The van der Waals surface area contributed by atoms with Gasteiger partial charge in [0.05, 0.1) is 4.83 Å². The van der Waals surface area contributed by atoms with Gasteiger partial charge < -0.3 is 5.32 Å². The summed E-state index contributed by atoms with van der Waals surface area (Å²) in [7, 11) is 0. The number of nitrogens with one attached hydrogen (secondary N) is 1. The topological polar surface area (TPSA) is 29.1 Å². The standard InChI is InChI=1S/C9H10BrNO/c1-7(10)9(12)11-8-5-3-2-4-6-8/h2-7H,1H3,(H,11,12)/t7-/m1/s1. The first-order valence-corrected chi connectivity index (χ1v) is 4.61. The summed E-state index contributed by atoms with van der Waals surface area (Å²) in [5, 5.41) is 2.76. The van der Waals surface area contributed by atoms with E-state index in [2.05, 4.69) is 21.2 Å². The number of carbonyl (C=O) groups is 1. The lowest BCUT2D eigenvalue weighted by atomic mass is 10.3. The molecule has 1 amide bonds. The summed E-state index contributed by atoms with van der Waals surface area (Å²) in [5.74, 6) is -0.0267. The third-order valence-electron chi connectivity index (χ3n) is 1.40. The number of benzene rings is 1. The zero-order chi connectivity index (χ0) is 8.97. The largest absolute Gasteiger partial charge is 0.325 e. The molecule has 1 aromatic rings. The Morgan fingerprint density at radius 2 is 2.00 bits per heavy atom. The molecule has 0 aliphatic rings. The van der Waals surface area contributed by atoms with E-state index in [-0.39, 0.29) is 10.7 Å². The van der Waals surface area contributed by atoms with Gasteiger partial charge in [-0.05, 0) is 19.1 Å². The zero-order valence-corrected chi connectivity index (χ0v) is 8.34. The van der Waals surface area contributed by atoms with Gasteiger partial charge in [-0.3, -0.25) is 4.79 Å². The highest BCUT2D eigenvalue weighted by Gasteiger charge is 2.07. The molecule has 64 valence electrons. The number of amides is 1. The second-order valence-electron chi connectivity index (χ2n) is 2.47. The Morgan fingerprint density at radius 3 is 2.50 bits per heavy atom. The lowest BCUT2D eigenvalue weighted by molar-refractivity contribution is -0.115. The molecule has 0 fully saturated rings. The van der Waals surface area contributed by atoms with Crippen molar-refractivity contribution >= 4 is 27.5 Å². The van der Waals surface area contributed by atoms with E-state index < -0.39 is 0 Å². The maximum Gasteiger partial charge on any atom is 0.237 e. The average molecular weight is 228 g/mol. The lowest BCUT2D eigenvalue weighted by Crippen LogP contribution is -2.19. The number of para-hydroxylation sites is 1. The third kappa shape index (κ3) is 2.66. The zero-order valence-electron chi connectivity index (χ0n) is 6.75. The Labute approximate surface area is 80.1 Å². The maximum absolute atomic E-state index is 11.2. The predicted octanol–water partition coefficient (Wildman–Crippen LogP) is 2.41. The molecule has 0 radical (unpaired) electrons. The highest BCUT2D eigenvalue weighted by atomic mass is 79.9. The minimum absolute atomic E-state index is 0.0267. The smallest absolute Gasteiger partial charge is 0.237 e. The number of anilines is 1. The first-order valence-electron chi connectivity index (χ1n) is 3.70. The van der Waals surface area contributed by atoms with Gasteiger partial charge in [0.25, 0.3) is 0 Å². The van der Waals surface area contributed by atoms with E-state index >= 15 is 0 Å². The van der Waals surface area contributed by atoms with Crippen molar-refractivity contribution in [2.24, 2.45) is 0 Å². The predicted molar refractivity (Wildman–Crippen MR) is 53.5 cm³/mol. The highest BCUT2D eigenvalue weighted by molar-refractivity contribution is 9.10. The van der Waals surface area contributed by atoms with Crippen LogP contribution in [0.4, 0.5) is 5.69 Å². The first-order chi connectivity index (χ1) is 5.70. The molecule has 2 nitrogen and oxygen atoms in total. The number of hydrogen-bond donors (Lipinski definition) is 1. The van der Waals surface area contributed by atoms with Crippen LogP contribution in [0.15, 0.2) is 30.3 Å². The first kappa shape index (κ1) is 9.26. The molecule has 0 saturated heterocycles. The van der Waals surface area contributed by atoms with Gasteiger partial charge in [-0.25, -0.2) is 0 Å². The van der Waals surface area contributed by atoms with Crippen molar-refractivity contribution in [1.29, 1.82) is 0 Å². The quantitative estimate of drug-likeness (QED) is 0.773. The van der Waals surface area contributed by atoms with Crippen LogP contribution in [0.2, 0.25) is 0 Å². The monoisotopic (exact) mass is 227 g/mol. The van der Waals surface area contributed by atoms with Gasteiger partial charge in [-0.15, -0.1) is 0 Å². The van der Waals surface area contributed by atoms with Crippen molar-refractivity contribution < 1.29 is 4.79 Å². The van der Waals surface area contributed by atoms with Gasteiger partial charge in [0.2, 0.25) is 5.91 Å². The molecule has 1 N–H and O–H groups in total. The summed E-state index contributed by atoms with van der Waals surface area (Å²) in [4.78, 5) is 11.0. The Bertz CT molecular complexity index is 258. The molecule has 0 aromatic heterocycles. The van der Waals surface area contributed by atoms with Crippen molar-refractivity contribution in [2.75, 3.05) is 5.32 Å². The summed E-state index contributed by atoms with van der Waals surface area (Å²) < 4.78 is 0. The molecular formula is C9H10BrNO. The van der Waals surface area contributed by atoms with Gasteiger partial charge in [-0.1, -0.05) is 34.1 Å². The van der Waals surface area contributed by atoms with Crippen molar-refractivity contribution in [3.05, 3.63) is 30.3 Å². The van der Waals surface area contributed by atoms with Crippen LogP contribution in [-0.2, 0) is 4.79 Å². The Balaban J connectivity index is 2.59. The number of hydrogen-bond acceptors (Lipinski definition) is 1. The number of alkyl halides is 1. The average Bonchev–Trinajstić information content (AvgIpc) is 2.06. The summed E-state index contributed by atoms with van der Waals surface area (Å²) in [5.41, 5.74) is 0.828. The Morgan fingerprint density at radius 1 is 1.42 bits per heavy atom. The maximum atomic E-state index is 11.2. The fourth-order valence-electron chi connectivity index (χ4n) is 0.763. The minimum atomic E-state index is -0.155. The molecule has 1 atom stereocenters. The summed E-state index contributed by atoms with van der Waals surface area (Å²) in [6.45, 7) is 1.79. The molecule has 0 heterocycles. The van der Waals surface area contributed by atoms with E-state index in [4.69, 9.17) is 0 Å². The fourth-order valence-corrected chi connectivity index (χ4v) is 0.878. The molecular weight excluding hydrogens is 218 g/mol. The SMILES string of the molecule is C[C@@H](Br)C(=O)Nc1ccccc1. The van der Waals surface area contributed by atoms with Crippen LogP contribution in [0.3, 0.4) is 0 Å². The van der Waals surface area contributed by atoms with E-state index in [1.165, 1.54) is 0 Å². The molecule has 0 aliphatic carbocycles. The van der Waals surface area contributed by atoms with Crippen LogP contribution in [0, 0.1) is 0 Å². The summed E-state index contributed by atoms with van der Waals surface area (Å²) in [6.07, 6.45) is 0. The van der Waals surface area contributed by atoms with Crippen molar-refractivity contribution in [3.8, 4) is 0 Å². The van der Waals surface area contributed by atoms with Gasteiger partial charge in [0, 0.05) is 5.69 Å². The molecule has 3 heteroatoms. The van der Waals surface area contributed by atoms with Crippen LogP contribution >= 0.6 is 15.9 Å². The Hall–Kier alpha value is -0.830. The van der Waals surface area contributed by atoms with Crippen LogP contribution < -0.4 is 5.32 Å². The minimum Gasteiger partial charge on any atom is -0.325 e. The summed E-state index contributed by atoms with van der Waals surface area (Å²) >= 11 is 3.19. The summed E-state index contributed by atoms with van der Waals surface area (Å²) in [6, 6.07) is 9.39. The van der Waals surface area contributed by atoms with Crippen molar-refractivity contribution in [3.63, 3.8) is 0 Å². The molecule has 0 bridgehead atoms. The lowest BCUT2D eigenvalue weighted by Gasteiger charge is -2.05. The van der Waals surface area contributed by atoms with E-state index in [0.29, 0.717) is 0 Å². The third-order valence-corrected chi connectivity index (χ3v) is 1.82. The second-order valence-corrected chi connectivity index (χ2v) is 3.84. The second kappa shape index (κ2) is 4.26. The van der Waals surface area contributed by atoms with Crippen molar-refractivity contribution in [2.45, 2.75) is 11.8 Å². The molecule has 0 unspecified atom stereocenters. The van der Waals surface area contributed by atoms with Crippen LogP contribution in [0.25, 0.3) is 0 Å². The molecule has 0 aliphatic heterocycles. The number of halogens is 1. The molecule has 0 saturated carbocycles.